The topological polar surface area (TPSA) is 125 Å². The molecule has 0 bridgehead atoms. The van der Waals surface area contributed by atoms with E-state index in [0.29, 0.717) is 37.2 Å². The van der Waals surface area contributed by atoms with Gasteiger partial charge in [-0.15, -0.1) is 0 Å². The van der Waals surface area contributed by atoms with E-state index in [-0.39, 0.29) is 36.6 Å². The number of hydrogen-bond donors (Lipinski definition) is 4. The Morgan fingerprint density at radius 1 is 1.00 bits per heavy atom. The van der Waals surface area contributed by atoms with Crippen molar-refractivity contribution in [2.24, 2.45) is 0 Å². The average Bonchev–Trinajstić information content (AvgIpc) is 3.09. The zero-order chi connectivity index (χ0) is 23.5. The maximum atomic E-state index is 12.3. The lowest BCUT2D eigenvalue weighted by atomic mass is 10.2. The normalized spacial score (nSPS) is 13.8. The molecule has 0 aromatic heterocycles. The Labute approximate surface area is 192 Å². The third-order valence-corrected chi connectivity index (χ3v) is 5.19. The van der Waals surface area contributed by atoms with Gasteiger partial charge in [0.05, 0.1) is 6.54 Å². The van der Waals surface area contributed by atoms with Gasteiger partial charge in [-0.3, -0.25) is 28.9 Å². The summed E-state index contributed by atoms with van der Waals surface area (Å²) in [5.41, 5.74) is 1.50. The second kappa shape index (κ2) is 12.7. The summed E-state index contributed by atoms with van der Waals surface area (Å²) >= 11 is 4.23. The smallest absolute Gasteiger partial charge is 0.253 e. The largest absolute Gasteiger partial charge is 0.347 e. The molecule has 1 heterocycles. The summed E-state index contributed by atoms with van der Waals surface area (Å²) in [5.74, 6) is -1.28. The molecule has 10 heteroatoms. The molecule has 2 rings (SSSR count). The van der Waals surface area contributed by atoms with E-state index in [1.807, 2.05) is 12.1 Å². The number of para-hydroxylation sites is 1. The van der Waals surface area contributed by atoms with Crippen LogP contribution in [0, 0.1) is 0 Å². The molecular weight excluding hydrogens is 432 g/mol. The van der Waals surface area contributed by atoms with Crippen molar-refractivity contribution in [2.45, 2.75) is 44.4 Å². The molecule has 172 valence electrons. The van der Waals surface area contributed by atoms with Gasteiger partial charge in [0, 0.05) is 36.6 Å². The highest BCUT2D eigenvalue weighted by Gasteiger charge is 2.22. The van der Waals surface area contributed by atoms with Crippen LogP contribution in [0.15, 0.2) is 36.4 Å². The minimum atomic E-state index is -0.780. The molecule has 1 aromatic rings. The van der Waals surface area contributed by atoms with E-state index in [1.54, 1.807) is 19.1 Å². The number of anilines is 1. The number of rotatable bonds is 12. The molecule has 0 fully saturated rings. The maximum Gasteiger partial charge on any atom is 0.253 e. The number of imide groups is 1. The lowest BCUT2D eigenvalue weighted by molar-refractivity contribution is -0.137. The Kier molecular flexibility index (Phi) is 9.93. The number of hydrogen-bond acceptors (Lipinski definition) is 6. The summed E-state index contributed by atoms with van der Waals surface area (Å²) in [4.78, 5) is 60.3. The first-order valence-electron chi connectivity index (χ1n) is 10.4. The number of nitrogens with zero attached hydrogens (tertiary/aromatic N) is 1. The summed E-state index contributed by atoms with van der Waals surface area (Å²) in [6.07, 6.45) is 4.56. The van der Waals surface area contributed by atoms with Crippen LogP contribution in [0.3, 0.4) is 0 Å². The molecule has 0 aliphatic carbocycles. The number of benzene rings is 1. The van der Waals surface area contributed by atoms with Crippen molar-refractivity contribution < 1.29 is 24.0 Å². The Morgan fingerprint density at radius 3 is 2.38 bits per heavy atom. The van der Waals surface area contributed by atoms with Gasteiger partial charge in [0.1, 0.15) is 6.04 Å². The third kappa shape index (κ3) is 7.84. The van der Waals surface area contributed by atoms with Gasteiger partial charge in [0.2, 0.25) is 17.7 Å². The highest BCUT2D eigenvalue weighted by Crippen LogP contribution is 2.17. The van der Waals surface area contributed by atoms with Crippen LogP contribution in [0.1, 0.15) is 38.2 Å². The standard InChI is InChI=1S/C22H28N4O5S/c1-15(22(31)25-17-8-5-4-7-16(17)14-32)24-19(28)13-23-18(27)9-3-2-6-12-26-20(29)10-11-21(26)30/h4-5,7-8,10-11,15,32H,2-3,6,9,12-14H2,1H3,(H,23,27)(H,24,28)(H,25,31). The molecule has 9 nitrogen and oxygen atoms in total. The predicted molar refractivity (Wildman–Crippen MR) is 123 cm³/mol. The Balaban J connectivity index is 1.60. The van der Waals surface area contributed by atoms with Crippen molar-refractivity contribution in [1.82, 2.24) is 15.5 Å². The van der Waals surface area contributed by atoms with Crippen molar-refractivity contribution in [2.75, 3.05) is 18.4 Å². The molecule has 1 aliphatic rings. The number of carbonyl (C=O) groups excluding carboxylic acids is 5. The van der Waals surface area contributed by atoms with Crippen LogP contribution in [0.4, 0.5) is 5.69 Å². The molecule has 0 saturated carbocycles. The zero-order valence-electron chi connectivity index (χ0n) is 17.9. The van der Waals surface area contributed by atoms with E-state index in [0.717, 1.165) is 5.56 Å². The zero-order valence-corrected chi connectivity index (χ0v) is 18.8. The summed E-state index contributed by atoms with van der Waals surface area (Å²) in [5, 5.41) is 7.83. The van der Waals surface area contributed by atoms with Gasteiger partial charge in [-0.1, -0.05) is 24.6 Å². The van der Waals surface area contributed by atoms with Gasteiger partial charge in [0.15, 0.2) is 0 Å². The van der Waals surface area contributed by atoms with Crippen LogP contribution in [0.5, 0.6) is 0 Å². The van der Waals surface area contributed by atoms with Gasteiger partial charge >= 0.3 is 0 Å². The minimum Gasteiger partial charge on any atom is -0.347 e. The molecule has 5 amide bonds. The van der Waals surface area contributed by atoms with Gasteiger partial charge in [-0.05, 0) is 31.4 Å². The number of nitrogens with one attached hydrogen (secondary N) is 3. The summed E-state index contributed by atoms with van der Waals surface area (Å²) in [7, 11) is 0. The van der Waals surface area contributed by atoms with Crippen molar-refractivity contribution in [1.29, 1.82) is 0 Å². The van der Waals surface area contributed by atoms with Gasteiger partial charge in [0.25, 0.3) is 11.8 Å². The average molecular weight is 461 g/mol. The number of thiol groups is 1. The van der Waals surface area contributed by atoms with Gasteiger partial charge < -0.3 is 16.0 Å². The van der Waals surface area contributed by atoms with Crippen molar-refractivity contribution in [3.05, 3.63) is 42.0 Å². The fraction of sp³-hybridized carbons (Fsp3) is 0.409. The lowest BCUT2D eigenvalue weighted by Gasteiger charge is -2.16. The number of unbranched alkanes of at least 4 members (excludes halogenated alkanes) is 2. The first-order chi connectivity index (χ1) is 15.3. The first kappa shape index (κ1) is 25.1. The fourth-order valence-corrected chi connectivity index (χ4v) is 3.31. The third-order valence-electron chi connectivity index (χ3n) is 4.85. The minimum absolute atomic E-state index is 0.226. The van der Waals surface area contributed by atoms with Crippen molar-refractivity contribution in [3.63, 3.8) is 0 Å². The maximum absolute atomic E-state index is 12.3. The van der Waals surface area contributed by atoms with Gasteiger partial charge in [-0.25, -0.2) is 0 Å². The van der Waals surface area contributed by atoms with Crippen LogP contribution >= 0.6 is 12.6 Å². The molecule has 1 aromatic carbocycles. The Morgan fingerprint density at radius 2 is 1.69 bits per heavy atom. The van der Waals surface area contributed by atoms with Gasteiger partial charge in [-0.2, -0.15) is 12.6 Å². The number of amides is 5. The van der Waals surface area contributed by atoms with Crippen LogP contribution in [-0.2, 0) is 29.7 Å². The molecular formula is C22H28N4O5S. The molecule has 32 heavy (non-hydrogen) atoms. The van der Waals surface area contributed by atoms with E-state index < -0.39 is 11.9 Å². The monoisotopic (exact) mass is 460 g/mol. The van der Waals surface area contributed by atoms with E-state index >= 15 is 0 Å². The second-order valence-electron chi connectivity index (χ2n) is 7.34. The van der Waals surface area contributed by atoms with Crippen molar-refractivity contribution in [3.8, 4) is 0 Å². The molecule has 0 radical (unpaired) electrons. The number of carbonyl (C=O) groups is 5. The van der Waals surface area contributed by atoms with Crippen LogP contribution < -0.4 is 16.0 Å². The highest BCUT2D eigenvalue weighted by molar-refractivity contribution is 7.79. The molecule has 1 unspecified atom stereocenters. The van der Waals surface area contributed by atoms with Crippen molar-refractivity contribution >= 4 is 47.9 Å². The SMILES string of the molecule is CC(NC(=O)CNC(=O)CCCCCN1C(=O)C=CC1=O)C(=O)Nc1ccccc1CS. The quantitative estimate of drug-likeness (QED) is 0.212. The molecule has 1 atom stereocenters. The fourth-order valence-electron chi connectivity index (χ4n) is 3.03. The molecule has 1 aliphatic heterocycles. The van der Waals surface area contributed by atoms with Crippen LogP contribution in [0.2, 0.25) is 0 Å². The van der Waals surface area contributed by atoms with E-state index in [2.05, 4.69) is 28.6 Å². The van der Waals surface area contributed by atoms with Crippen LogP contribution in [-0.4, -0.2) is 53.6 Å². The Hall–Kier alpha value is -3.14. The summed E-state index contributed by atoms with van der Waals surface area (Å²) in [6, 6.07) is 6.48. The molecule has 0 spiro atoms. The van der Waals surface area contributed by atoms with E-state index in [4.69, 9.17) is 0 Å². The first-order valence-corrected chi connectivity index (χ1v) is 11.0. The summed E-state index contributed by atoms with van der Waals surface area (Å²) < 4.78 is 0. The molecule has 3 N–H and O–H groups in total. The lowest BCUT2D eigenvalue weighted by Crippen LogP contribution is -2.45. The molecule has 0 saturated heterocycles. The van der Waals surface area contributed by atoms with E-state index in [9.17, 15) is 24.0 Å². The Bertz CT molecular complexity index is 884. The van der Waals surface area contributed by atoms with Crippen LogP contribution in [0.25, 0.3) is 0 Å². The second-order valence-corrected chi connectivity index (χ2v) is 7.66. The van der Waals surface area contributed by atoms with E-state index in [1.165, 1.54) is 17.1 Å². The summed E-state index contributed by atoms with van der Waals surface area (Å²) in [6.45, 7) is 1.66. The predicted octanol–water partition coefficient (Wildman–Crippen LogP) is 1.16. The highest BCUT2D eigenvalue weighted by atomic mass is 32.1.